The van der Waals surface area contributed by atoms with E-state index in [0.717, 1.165) is 75.5 Å². The maximum Gasteiger partial charge on any atom is 0.255 e. The molecule has 2 N–H and O–H groups in total. The first kappa shape index (κ1) is 37.2. The Morgan fingerprint density at radius 1 is 0.816 bits per heavy atom. The van der Waals surface area contributed by atoms with Crippen LogP contribution in [0.25, 0.3) is 11.1 Å². The van der Waals surface area contributed by atoms with E-state index in [1.165, 1.54) is 23.1 Å². The van der Waals surface area contributed by atoms with Gasteiger partial charge in [0.15, 0.2) is 0 Å². The number of carbonyl (C=O) groups excluding carboxylic acids is 2. The Morgan fingerprint density at radius 3 is 2.22 bits per heavy atom. The van der Waals surface area contributed by atoms with Crippen LogP contribution in [0.3, 0.4) is 0 Å². The Hall–Kier alpha value is -4.60. The number of amides is 2. The average molecular weight is 664 g/mol. The molecule has 0 radical (unpaired) electrons. The van der Waals surface area contributed by atoms with E-state index in [4.69, 9.17) is 0 Å². The standard InChI is InChI=1S/C28H41N5O2.C12H12N2/c1-5-32(6-2)18-17-31(4)21-22-11-10-12-23(19-22)27(34)30-26-14-13-24(20-25(26)28(35)29-3)33-15-8-7-9-16-33;1-9-3-4-11(5-10(9)2)12-6-13-8-14-7-12/h10-14,19-20H,5-9,15-18,21H2,1-4H3,(H,29,35)(H,30,34);3-8H,1-2H3. The van der Waals surface area contributed by atoms with Gasteiger partial charge in [-0.3, -0.25) is 9.59 Å². The molecule has 1 aromatic heterocycles. The molecular formula is C40H53N7O2. The number of anilines is 2. The van der Waals surface area contributed by atoms with Crippen LogP contribution >= 0.6 is 0 Å². The molecule has 9 nitrogen and oxygen atoms in total. The number of piperidine rings is 1. The SMILES string of the molecule is CCN(CC)CCN(C)Cc1cccc(C(=O)Nc2ccc(N3CCCCC3)cc2C(=O)NC)c1.Cc1ccc(-c2cncnc2)cc1C. The molecule has 4 aromatic rings. The van der Waals surface area contributed by atoms with E-state index in [1.807, 2.05) is 54.9 Å². The molecule has 1 fully saturated rings. The summed E-state index contributed by atoms with van der Waals surface area (Å²) in [7, 11) is 3.72. The van der Waals surface area contributed by atoms with Crippen LogP contribution in [0.4, 0.5) is 11.4 Å². The van der Waals surface area contributed by atoms with Crippen LogP contribution in [-0.4, -0.2) is 84.9 Å². The number of benzene rings is 3. The highest BCUT2D eigenvalue weighted by Gasteiger charge is 2.18. The van der Waals surface area contributed by atoms with Crippen molar-refractivity contribution in [3.05, 3.63) is 107 Å². The second-order valence-electron chi connectivity index (χ2n) is 12.7. The minimum atomic E-state index is -0.214. The number of hydrogen-bond donors (Lipinski definition) is 2. The number of rotatable bonds is 12. The zero-order chi connectivity index (χ0) is 35.2. The summed E-state index contributed by atoms with van der Waals surface area (Å²) < 4.78 is 0. The van der Waals surface area contributed by atoms with Crippen LogP contribution in [0, 0.1) is 13.8 Å². The molecule has 49 heavy (non-hydrogen) atoms. The molecule has 0 bridgehead atoms. The summed E-state index contributed by atoms with van der Waals surface area (Å²) in [4.78, 5) is 40.7. The summed E-state index contributed by atoms with van der Waals surface area (Å²) in [5.74, 6) is -0.420. The molecule has 2 amide bonds. The Bertz CT molecular complexity index is 1650. The van der Waals surface area contributed by atoms with E-state index in [-0.39, 0.29) is 11.8 Å². The second kappa shape index (κ2) is 18.8. The van der Waals surface area contributed by atoms with Crippen LogP contribution in [0.5, 0.6) is 0 Å². The second-order valence-corrected chi connectivity index (χ2v) is 12.7. The first-order valence-electron chi connectivity index (χ1n) is 17.5. The number of likely N-dealkylation sites (N-methyl/N-ethyl adjacent to an activating group) is 2. The van der Waals surface area contributed by atoms with E-state index in [9.17, 15) is 9.59 Å². The molecule has 1 aliphatic heterocycles. The normalized spacial score (nSPS) is 12.8. The Kier molecular flexibility index (Phi) is 14.3. The van der Waals surface area contributed by atoms with Gasteiger partial charge in [-0.05, 0) is 106 Å². The molecular weight excluding hydrogens is 610 g/mol. The third-order valence-electron chi connectivity index (χ3n) is 9.18. The molecule has 3 aromatic carbocycles. The molecule has 5 rings (SSSR count). The summed E-state index contributed by atoms with van der Waals surface area (Å²) in [6.07, 6.45) is 8.78. The zero-order valence-electron chi connectivity index (χ0n) is 30.1. The average Bonchev–Trinajstić information content (AvgIpc) is 3.14. The van der Waals surface area contributed by atoms with Crippen molar-refractivity contribution in [3.8, 4) is 11.1 Å². The first-order chi connectivity index (χ1) is 23.7. The third-order valence-corrected chi connectivity index (χ3v) is 9.18. The highest BCUT2D eigenvalue weighted by Crippen LogP contribution is 2.27. The van der Waals surface area contributed by atoms with Gasteiger partial charge < -0.3 is 25.3 Å². The third kappa shape index (κ3) is 11.0. The fourth-order valence-electron chi connectivity index (χ4n) is 5.93. The van der Waals surface area contributed by atoms with Gasteiger partial charge in [0.1, 0.15) is 6.33 Å². The van der Waals surface area contributed by atoms with Gasteiger partial charge in [0.25, 0.3) is 11.8 Å². The lowest BCUT2D eigenvalue weighted by Crippen LogP contribution is -2.32. The van der Waals surface area contributed by atoms with Crippen molar-refractivity contribution >= 4 is 23.2 Å². The van der Waals surface area contributed by atoms with E-state index >= 15 is 0 Å². The summed E-state index contributed by atoms with van der Waals surface area (Å²) in [5, 5.41) is 5.68. The molecule has 2 heterocycles. The van der Waals surface area contributed by atoms with Crippen LogP contribution in [0.15, 0.2) is 79.4 Å². The highest BCUT2D eigenvalue weighted by molar-refractivity contribution is 6.09. The molecule has 0 unspecified atom stereocenters. The number of nitrogens with zero attached hydrogens (tertiary/aromatic N) is 5. The molecule has 0 atom stereocenters. The minimum absolute atomic E-state index is 0.206. The van der Waals surface area contributed by atoms with Gasteiger partial charge in [0, 0.05) is 69.0 Å². The molecule has 260 valence electrons. The number of hydrogen-bond acceptors (Lipinski definition) is 7. The molecule has 1 aliphatic rings. The van der Waals surface area contributed by atoms with E-state index in [2.05, 4.69) is 88.2 Å². The van der Waals surface area contributed by atoms with E-state index in [1.54, 1.807) is 13.4 Å². The van der Waals surface area contributed by atoms with Crippen molar-refractivity contribution in [1.29, 1.82) is 0 Å². The van der Waals surface area contributed by atoms with Crippen LogP contribution in [0.2, 0.25) is 0 Å². The Balaban J connectivity index is 0.000000319. The predicted octanol–water partition coefficient (Wildman–Crippen LogP) is 6.82. The molecule has 1 saturated heterocycles. The number of carbonyl (C=O) groups is 2. The summed E-state index contributed by atoms with van der Waals surface area (Å²) in [5.41, 5.74) is 8.56. The monoisotopic (exact) mass is 663 g/mol. The Morgan fingerprint density at radius 2 is 1.55 bits per heavy atom. The quantitative estimate of drug-likeness (QED) is 0.172. The molecule has 9 heteroatoms. The van der Waals surface area contributed by atoms with Crippen LogP contribution in [0.1, 0.15) is 70.5 Å². The predicted molar refractivity (Wildman–Crippen MR) is 201 cm³/mol. The van der Waals surface area contributed by atoms with Gasteiger partial charge in [0.2, 0.25) is 0 Å². The van der Waals surface area contributed by atoms with Gasteiger partial charge in [-0.25, -0.2) is 9.97 Å². The van der Waals surface area contributed by atoms with Crippen molar-refractivity contribution in [3.63, 3.8) is 0 Å². The summed E-state index contributed by atoms with van der Waals surface area (Å²) in [6, 6.07) is 19.8. The van der Waals surface area contributed by atoms with Crippen LogP contribution < -0.4 is 15.5 Å². The smallest absolute Gasteiger partial charge is 0.255 e. The highest BCUT2D eigenvalue weighted by atomic mass is 16.2. The molecule has 0 saturated carbocycles. The topological polar surface area (TPSA) is 93.7 Å². The van der Waals surface area contributed by atoms with Gasteiger partial charge in [-0.1, -0.05) is 44.2 Å². The fourth-order valence-corrected chi connectivity index (χ4v) is 5.93. The molecule has 0 spiro atoms. The van der Waals surface area contributed by atoms with E-state index in [0.29, 0.717) is 16.8 Å². The van der Waals surface area contributed by atoms with Gasteiger partial charge in [0.05, 0.1) is 11.3 Å². The lowest BCUT2D eigenvalue weighted by molar-refractivity contribution is 0.0964. The maximum absolute atomic E-state index is 13.1. The van der Waals surface area contributed by atoms with Gasteiger partial charge in [-0.15, -0.1) is 0 Å². The van der Waals surface area contributed by atoms with Crippen molar-refractivity contribution in [2.45, 2.75) is 53.5 Å². The Labute approximate surface area is 292 Å². The van der Waals surface area contributed by atoms with Crippen LogP contribution in [-0.2, 0) is 6.54 Å². The largest absolute Gasteiger partial charge is 0.372 e. The number of aromatic nitrogens is 2. The zero-order valence-corrected chi connectivity index (χ0v) is 30.1. The van der Waals surface area contributed by atoms with Crippen molar-refractivity contribution in [2.75, 3.05) is 63.6 Å². The lowest BCUT2D eigenvalue weighted by Gasteiger charge is -2.29. The summed E-state index contributed by atoms with van der Waals surface area (Å²) in [6.45, 7) is 15.5. The molecule has 0 aliphatic carbocycles. The van der Waals surface area contributed by atoms with Crippen molar-refractivity contribution in [2.24, 2.45) is 0 Å². The van der Waals surface area contributed by atoms with Crippen molar-refractivity contribution in [1.82, 2.24) is 25.1 Å². The number of nitrogens with one attached hydrogen (secondary N) is 2. The lowest BCUT2D eigenvalue weighted by atomic mass is 10.0. The first-order valence-corrected chi connectivity index (χ1v) is 17.5. The van der Waals surface area contributed by atoms with Gasteiger partial charge >= 0.3 is 0 Å². The van der Waals surface area contributed by atoms with E-state index < -0.39 is 0 Å². The minimum Gasteiger partial charge on any atom is -0.372 e. The maximum atomic E-state index is 13.1. The van der Waals surface area contributed by atoms with Gasteiger partial charge in [-0.2, -0.15) is 0 Å². The number of aryl methyl sites for hydroxylation is 2. The fraction of sp³-hybridized carbons (Fsp3) is 0.400. The van der Waals surface area contributed by atoms with Crippen molar-refractivity contribution < 1.29 is 9.59 Å². The summed E-state index contributed by atoms with van der Waals surface area (Å²) >= 11 is 0.